The van der Waals surface area contributed by atoms with Crippen LogP contribution in [0, 0.1) is 0 Å². The van der Waals surface area contributed by atoms with Gasteiger partial charge in [-0.1, -0.05) is 33.3 Å². The molecule has 1 aromatic heterocycles. The lowest BCUT2D eigenvalue weighted by Crippen LogP contribution is -2.25. The summed E-state index contributed by atoms with van der Waals surface area (Å²) in [6, 6.07) is 7.37. The third kappa shape index (κ3) is 3.99. The number of carbonyl (C=O) groups excluding carboxylic acids is 1. The van der Waals surface area contributed by atoms with Gasteiger partial charge in [-0.15, -0.1) is 10.2 Å². The Morgan fingerprint density at radius 3 is 2.79 bits per heavy atom. The minimum absolute atomic E-state index is 0.208. The summed E-state index contributed by atoms with van der Waals surface area (Å²) < 4.78 is 1.000. The van der Waals surface area contributed by atoms with Crippen molar-refractivity contribution in [3.63, 3.8) is 0 Å². The second kappa shape index (κ2) is 6.24. The van der Waals surface area contributed by atoms with Crippen LogP contribution in [0.5, 0.6) is 0 Å². The Bertz CT molecular complexity index is 564. The molecule has 0 aliphatic carbocycles. The van der Waals surface area contributed by atoms with Gasteiger partial charge in [-0.25, -0.2) is 0 Å². The first-order chi connectivity index (χ1) is 9.15. The maximum atomic E-state index is 11.7. The first kappa shape index (κ1) is 13.4. The van der Waals surface area contributed by atoms with Gasteiger partial charge in [0.25, 0.3) is 0 Å². The van der Waals surface area contributed by atoms with Crippen LogP contribution >= 0.6 is 15.9 Å². The maximum absolute atomic E-state index is 11.7. The Hall–Kier alpha value is -2.02. The Morgan fingerprint density at radius 2 is 2.16 bits per heavy atom. The molecular formula is C12H12BrN5O. The largest absolute Gasteiger partial charge is 0.343 e. The van der Waals surface area contributed by atoms with Crippen molar-refractivity contribution in [1.82, 2.24) is 25.9 Å². The van der Waals surface area contributed by atoms with Gasteiger partial charge in [0.15, 0.2) is 5.82 Å². The Balaban J connectivity index is 1.92. The van der Waals surface area contributed by atoms with Gasteiger partial charge in [-0.05, 0) is 30.7 Å². The fourth-order valence-electron chi connectivity index (χ4n) is 1.42. The first-order valence-corrected chi connectivity index (χ1v) is 6.42. The molecule has 0 fully saturated rings. The zero-order valence-corrected chi connectivity index (χ0v) is 11.8. The molecular weight excluding hydrogens is 310 g/mol. The molecule has 0 radical (unpaired) electrons. The van der Waals surface area contributed by atoms with Crippen molar-refractivity contribution in [3.8, 4) is 0 Å². The molecule has 0 saturated carbocycles. The van der Waals surface area contributed by atoms with E-state index in [9.17, 15) is 4.79 Å². The van der Waals surface area contributed by atoms with E-state index in [1.165, 1.54) is 6.08 Å². The van der Waals surface area contributed by atoms with Crippen LogP contribution in [0.15, 0.2) is 34.8 Å². The molecule has 1 aromatic carbocycles. The average molecular weight is 322 g/mol. The molecule has 1 unspecified atom stereocenters. The normalized spacial score (nSPS) is 12.5. The van der Waals surface area contributed by atoms with E-state index in [1.807, 2.05) is 24.3 Å². The van der Waals surface area contributed by atoms with Crippen LogP contribution in [0.3, 0.4) is 0 Å². The van der Waals surface area contributed by atoms with E-state index in [4.69, 9.17) is 0 Å². The molecule has 0 spiro atoms. The average Bonchev–Trinajstić information content (AvgIpc) is 2.92. The highest BCUT2D eigenvalue weighted by Gasteiger charge is 2.11. The standard InChI is InChI=1S/C12H12BrN5O/c1-8(12-15-17-18-16-12)14-11(19)7-4-9-2-5-10(13)6-3-9/h2-8H,1H3,(H,14,19)(H,15,16,17,18). The highest BCUT2D eigenvalue weighted by Crippen LogP contribution is 2.11. The number of aromatic nitrogens is 4. The van der Waals surface area contributed by atoms with Gasteiger partial charge in [-0.3, -0.25) is 4.79 Å². The first-order valence-electron chi connectivity index (χ1n) is 5.62. The second-order valence-corrected chi connectivity index (χ2v) is 4.80. The van der Waals surface area contributed by atoms with E-state index in [0.717, 1.165) is 10.0 Å². The van der Waals surface area contributed by atoms with E-state index in [0.29, 0.717) is 5.82 Å². The molecule has 1 heterocycles. The molecule has 1 amide bonds. The SMILES string of the molecule is CC(NC(=O)C=Cc1ccc(Br)cc1)c1nn[nH]n1. The number of hydrogen-bond acceptors (Lipinski definition) is 4. The zero-order valence-electron chi connectivity index (χ0n) is 10.2. The van der Waals surface area contributed by atoms with Crippen molar-refractivity contribution in [2.24, 2.45) is 0 Å². The molecule has 0 aliphatic rings. The van der Waals surface area contributed by atoms with Gasteiger partial charge in [0.05, 0.1) is 6.04 Å². The predicted molar refractivity (Wildman–Crippen MR) is 73.9 cm³/mol. The van der Waals surface area contributed by atoms with Gasteiger partial charge in [0.1, 0.15) is 0 Å². The highest BCUT2D eigenvalue weighted by molar-refractivity contribution is 9.10. The van der Waals surface area contributed by atoms with E-state index in [2.05, 4.69) is 41.9 Å². The van der Waals surface area contributed by atoms with Crippen LogP contribution in [0.4, 0.5) is 0 Å². The Labute approximate surface area is 118 Å². The molecule has 6 nitrogen and oxygen atoms in total. The van der Waals surface area contributed by atoms with Gasteiger partial charge in [-0.2, -0.15) is 5.21 Å². The van der Waals surface area contributed by atoms with Crippen molar-refractivity contribution >= 4 is 27.9 Å². The van der Waals surface area contributed by atoms with Crippen molar-refractivity contribution in [2.75, 3.05) is 0 Å². The van der Waals surface area contributed by atoms with Gasteiger partial charge < -0.3 is 5.32 Å². The van der Waals surface area contributed by atoms with Gasteiger partial charge >= 0.3 is 0 Å². The molecule has 98 valence electrons. The summed E-state index contributed by atoms with van der Waals surface area (Å²) in [5.41, 5.74) is 0.950. The van der Waals surface area contributed by atoms with Gasteiger partial charge in [0.2, 0.25) is 5.91 Å². The third-order valence-corrected chi connectivity index (χ3v) is 2.93. The van der Waals surface area contributed by atoms with Crippen molar-refractivity contribution in [2.45, 2.75) is 13.0 Å². The number of nitrogens with one attached hydrogen (secondary N) is 2. The van der Waals surface area contributed by atoms with E-state index in [-0.39, 0.29) is 11.9 Å². The summed E-state index contributed by atoms with van der Waals surface area (Å²) in [6.45, 7) is 1.79. The van der Waals surface area contributed by atoms with Crippen molar-refractivity contribution < 1.29 is 4.79 Å². The monoisotopic (exact) mass is 321 g/mol. The van der Waals surface area contributed by atoms with E-state index in [1.54, 1.807) is 13.0 Å². The zero-order chi connectivity index (χ0) is 13.7. The van der Waals surface area contributed by atoms with Crippen LogP contribution in [0.25, 0.3) is 6.08 Å². The molecule has 7 heteroatoms. The van der Waals surface area contributed by atoms with Crippen molar-refractivity contribution in [3.05, 3.63) is 46.2 Å². The van der Waals surface area contributed by atoms with Crippen LogP contribution < -0.4 is 5.32 Å². The molecule has 19 heavy (non-hydrogen) atoms. The molecule has 2 rings (SSSR count). The molecule has 0 aliphatic heterocycles. The summed E-state index contributed by atoms with van der Waals surface area (Å²) >= 11 is 3.35. The Morgan fingerprint density at radius 1 is 1.42 bits per heavy atom. The topological polar surface area (TPSA) is 83.6 Å². The quantitative estimate of drug-likeness (QED) is 0.842. The number of hydrogen-bond donors (Lipinski definition) is 2. The number of carbonyl (C=O) groups is 1. The number of halogens is 1. The predicted octanol–water partition coefficient (Wildman–Crippen LogP) is 1.85. The summed E-state index contributed by atoms with van der Waals surface area (Å²) in [5, 5.41) is 16.1. The highest BCUT2D eigenvalue weighted by atomic mass is 79.9. The number of nitrogens with zero attached hydrogens (tertiary/aromatic N) is 3. The fourth-order valence-corrected chi connectivity index (χ4v) is 1.69. The minimum atomic E-state index is -0.291. The number of benzene rings is 1. The van der Waals surface area contributed by atoms with Crippen LogP contribution in [-0.4, -0.2) is 26.5 Å². The summed E-state index contributed by atoms with van der Waals surface area (Å²) in [4.78, 5) is 11.7. The molecule has 0 saturated heterocycles. The lowest BCUT2D eigenvalue weighted by Gasteiger charge is -2.06. The number of rotatable bonds is 4. The van der Waals surface area contributed by atoms with Crippen molar-refractivity contribution in [1.29, 1.82) is 0 Å². The third-order valence-electron chi connectivity index (χ3n) is 2.40. The molecule has 1 atom stereocenters. The summed E-state index contributed by atoms with van der Waals surface area (Å²) in [7, 11) is 0. The minimum Gasteiger partial charge on any atom is -0.343 e. The molecule has 0 bridgehead atoms. The summed E-state index contributed by atoms with van der Waals surface area (Å²) in [5.74, 6) is 0.241. The second-order valence-electron chi connectivity index (χ2n) is 3.89. The maximum Gasteiger partial charge on any atom is 0.244 e. The summed E-state index contributed by atoms with van der Waals surface area (Å²) in [6.07, 6.45) is 3.21. The van der Waals surface area contributed by atoms with E-state index >= 15 is 0 Å². The number of amides is 1. The number of tetrazole rings is 1. The Kier molecular flexibility index (Phi) is 4.40. The number of H-pyrrole nitrogens is 1. The van der Waals surface area contributed by atoms with Crippen LogP contribution in [0.2, 0.25) is 0 Å². The molecule has 2 aromatic rings. The lowest BCUT2D eigenvalue weighted by molar-refractivity contribution is -0.117. The van der Waals surface area contributed by atoms with E-state index < -0.39 is 0 Å². The smallest absolute Gasteiger partial charge is 0.244 e. The number of aromatic amines is 1. The van der Waals surface area contributed by atoms with Gasteiger partial charge in [0, 0.05) is 10.5 Å². The lowest BCUT2D eigenvalue weighted by atomic mass is 10.2. The molecule has 2 N–H and O–H groups in total. The van der Waals surface area contributed by atoms with Crippen LogP contribution in [-0.2, 0) is 4.79 Å². The van der Waals surface area contributed by atoms with Crippen LogP contribution in [0.1, 0.15) is 24.4 Å². The fraction of sp³-hybridized carbons (Fsp3) is 0.167.